The third-order valence-corrected chi connectivity index (χ3v) is 9.07. The zero-order valence-electron chi connectivity index (χ0n) is 9.34. The zero-order chi connectivity index (χ0) is 14.4. The maximum Gasteiger partial charge on any atom is 0 e. The summed E-state index contributed by atoms with van der Waals surface area (Å²) in [5.74, 6) is 0. The zero-order valence-corrected chi connectivity index (χ0v) is 21.2. The van der Waals surface area contributed by atoms with Crippen LogP contribution in [0.3, 0.4) is 0 Å². The predicted octanol–water partition coefficient (Wildman–Crippen LogP) is -2.98. The molecule has 0 amide bonds. The maximum absolute atomic E-state index is 11.0. The Morgan fingerprint density at radius 1 is 0.800 bits per heavy atom. The first-order valence-corrected chi connectivity index (χ1v) is 25.8. The fourth-order valence-corrected chi connectivity index (χ4v) is 5.07. The quantitative estimate of drug-likeness (QED) is 0.164. The molecule has 20 heteroatoms. The summed E-state index contributed by atoms with van der Waals surface area (Å²) in [6.45, 7) is 0. The van der Waals surface area contributed by atoms with Crippen LogP contribution in [0.25, 0.3) is 0 Å². The Morgan fingerprint density at radius 3 is 1.40 bits per heavy atom. The van der Waals surface area contributed by atoms with Gasteiger partial charge in [-0.3, -0.25) is 0 Å². The third-order valence-electron chi connectivity index (χ3n) is 0.744. The van der Waals surface area contributed by atoms with Crippen molar-refractivity contribution in [3.63, 3.8) is 0 Å². The third kappa shape index (κ3) is 20.4. The predicted molar refractivity (Wildman–Crippen MR) is 51.4 cm³/mol. The molecule has 0 aromatic rings. The Kier molecular flexibility index (Phi) is 41.0. The van der Waals surface area contributed by atoms with Gasteiger partial charge in [0.1, 0.15) is 0 Å². The van der Waals surface area contributed by atoms with E-state index in [9.17, 15) is 8.92 Å². The molecule has 3 N–H and O–H groups in total. The molecule has 0 aliphatic carbocycles. The molecule has 0 aliphatic rings. The summed E-state index contributed by atoms with van der Waals surface area (Å²) in [5, 5.41) is 35.7. The largest absolute Gasteiger partial charge is 0 e. The molecule has 0 heterocycles. The van der Waals surface area contributed by atoms with Crippen LogP contribution in [0.5, 0.6) is 0 Å². The smallest absolute Gasteiger partial charge is 0 e. The Labute approximate surface area is 179 Å². The van der Waals surface area contributed by atoms with Gasteiger partial charge in [0.25, 0.3) is 0 Å². The maximum atomic E-state index is 11.0. The summed E-state index contributed by atoms with van der Waals surface area (Å²) in [5.41, 5.74) is 0. The van der Waals surface area contributed by atoms with E-state index < -0.39 is 25.0 Å². The second kappa shape index (κ2) is 25.6. The molecule has 0 aromatic heterocycles. The topological polar surface area (TPSA) is 159 Å². The average molecular weight is 511 g/mol. The molecule has 0 atom stereocenters. The van der Waals surface area contributed by atoms with E-state index >= 15 is 0 Å². The molecule has 0 saturated carbocycles. The van der Waals surface area contributed by atoms with Crippen molar-refractivity contribution >= 4 is 91.0 Å². The molecule has 0 spiro atoms. The minimum absolute atomic E-state index is 0. The molecule has 109 valence electrons. The van der Waals surface area contributed by atoms with Crippen LogP contribution in [0, 0.1) is 0 Å². The standard InChI is InChI=1S/3Ca.2Fe.H3O12Si3/c;;;;;1-6-9-12-15(13(4)10-7-2)14(5)11-8-3/h;;;;;1-3H. The number of hydrogen-bond acceptors (Lipinski definition) is 12. The van der Waals surface area contributed by atoms with Crippen molar-refractivity contribution in [2.24, 2.45) is 0 Å². The normalized spacial score (nSPS) is 7.90. The Morgan fingerprint density at radius 2 is 1.15 bits per heavy atom. The van der Waals surface area contributed by atoms with Crippen LogP contribution >= 0.6 is 0 Å². The van der Waals surface area contributed by atoms with Crippen LogP contribution in [0.15, 0.2) is 0 Å². The SMILES string of the molecule is O=[Si](OOO)[Si](OOOO)[Si](=O)OOO.[Ca][Ca][Ca].[Fe].[Fe]. The summed E-state index contributed by atoms with van der Waals surface area (Å²) in [6, 6.07) is 0. The van der Waals surface area contributed by atoms with Gasteiger partial charge in [-0.25, -0.2) is 20.3 Å². The van der Waals surface area contributed by atoms with Gasteiger partial charge in [0.05, 0.1) is 0 Å². The molecule has 3 radical (unpaired) electrons. The van der Waals surface area contributed by atoms with Gasteiger partial charge in [-0.2, -0.15) is 0 Å². The van der Waals surface area contributed by atoms with Gasteiger partial charge >= 0.3 is 91.0 Å². The van der Waals surface area contributed by atoms with E-state index in [0.717, 1.165) is 0 Å². The van der Waals surface area contributed by atoms with Crippen molar-refractivity contribution in [2.45, 2.75) is 0 Å². The fraction of sp³-hybridized carbons (Fsp3) is 0. The van der Waals surface area contributed by atoms with Gasteiger partial charge in [-0.15, -0.1) is 0 Å². The molecule has 12 nitrogen and oxygen atoms in total. The molecule has 0 saturated heterocycles. The molecule has 0 aliphatic heterocycles. The van der Waals surface area contributed by atoms with Crippen molar-refractivity contribution in [3.05, 3.63) is 0 Å². The van der Waals surface area contributed by atoms with E-state index in [1.54, 1.807) is 51.9 Å². The Balaban J connectivity index is -0.000000233. The summed E-state index contributed by atoms with van der Waals surface area (Å²) in [7, 11) is -9.65. The van der Waals surface area contributed by atoms with Gasteiger partial charge in [0, 0.05) is 34.1 Å². The second-order valence-electron chi connectivity index (χ2n) is 1.80. The minimum Gasteiger partial charge on any atom is 0 e. The summed E-state index contributed by atoms with van der Waals surface area (Å²) in [6.07, 6.45) is 0. The monoisotopic (exact) mass is 511 g/mol. The van der Waals surface area contributed by atoms with Crippen molar-refractivity contribution < 1.29 is 92.7 Å². The van der Waals surface area contributed by atoms with Crippen LogP contribution in [0.1, 0.15) is 0 Å². The van der Waals surface area contributed by atoms with Gasteiger partial charge in [0.2, 0.25) is 0 Å². The van der Waals surface area contributed by atoms with E-state index in [0.29, 0.717) is 14.1 Å². The summed E-state index contributed by atoms with van der Waals surface area (Å²) < 4.78 is 33.3. The van der Waals surface area contributed by atoms with Crippen LogP contribution in [-0.2, 0) is 76.9 Å². The van der Waals surface area contributed by atoms with Gasteiger partial charge in [-0.05, 0) is 20.2 Å². The number of rotatable bonds is 9. The van der Waals surface area contributed by atoms with Crippen LogP contribution in [-0.4, -0.2) is 107 Å². The van der Waals surface area contributed by atoms with Gasteiger partial charge < -0.3 is 18.1 Å². The second-order valence-corrected chi connectivity index (χ2v) is 35.2. The fourth-order valence-electron chi connectivity index (χ4n) is 0.344. The Bertz CT molecular complexity index is 214. The van der Waals surface area contributed by atoms with Crippen LogP contribution in [0.2, 0.25) is 0 Å². The van der Waals surface area contributed by atoms with E-state index in [1.807, 2.05) is 0 Å². The van der Waals surface area contributed by atoms with Crippen molar-refractivity contribution in [1.29, 1.82) is 0 Å². The first-order valence-electron chi connectivity index (χ1n) is 3.74. The summed E-state index contributed by atoms with van der Waals surface area (Å²) >= 11 is 3.75. The van der Waals surface area contributed by atoms with Crippen LogP contribution < -0.4 is 0 Å². The average Bonchev–Trinajstić information content (AvgIpc) is 2.31. The molecular formula is H3Ca3Fe2O12Si3. The first-order chi connectivity index (χ1) is 8.58. The van der Waals surface area contributed by atoms with E-state index in [-0.39, 0.29) is 34.1 Å². The van der Waals surface area contributed by atoms with Gasteiger partial charge in [-0.1, -0.05) is 0 Å². The molecule has 20 heavy (non-hydrogen) atoms. The first kappa shape index (κ1) is 32.1. The van der Waals surface area contributed by atoms with E-state index in [2.05, 4.69) is 33.9 Å². The molecule has 0 fully saturated rings. The molecule has 0 aromatic carbocycles. The summed E-state index contributed by atoms with van der Waals surface area (Å²) in [4.78, 5) is 0. The number of hydrogen-bond donors (Lipinski definition) is 3. The van der Waals surface area contributed by atoms with Crippen LogP contribution in [0.4, 0.5) is 0 Å². The van der Waals surface area contributed by atoms with E-state index in [4.69, 9.17) is 15.8 Å². The minimum atomic E-state index is -3.31. The van der Waals surface area contributed by atoms with E-state index in [1.165, 1.54) is 0 Å². The molecule has 0 rings (SSSR count). The van der Waals surface area contributed by atoms with Gasteiger partial charge in [0.15, 0.2) is 0 Å². The van der Waals surface area contributed by atoms with Crippen molar-refractivity contribution in [1.82, 2.24) is 0 Å². The molecule has 0 bridgehead atoms. The molecule has 0 unspecified atom stereocenters. The Hall–Kier alpha value is 4.35. The molecular weight excluding hydrogens is 508 g/mol. The van der Waals surface area contributed by atoms with Crippen molar-refractivity contribution in [3.8, 4) is 0 Å². The van der Waals surface area contributed by atoms with Crippen molar-refractivity contribution in [2.75, 3.05) is 0 Å².